The summed E-state index contributed by atoms with van der Waals surface area (Å²) in [5.74, 6) is 0.166. The Morgan fingerprint density at radius 2 is 1.60 bits per heavy atom. The van der Waals surface area contributed by atoms with E-state index in [9.17, 15) is 9.36 Å². The molecule has 1 aromatic rings. The van der Waals surface area contributed by atoms with E-state index in [1.807, 2.05) is 13.8 Å². The molecule has 25 heavy (non-hydrogen) atoms. The molecule has 0 aliphatic heterocycles. The molecule has 1 saturated carbocycles. The molecular formula is C22H34O2P. The second-order valence-corrected chi connectivity index (χ2v) is 9.92. The van der Waals surface area contributed by atoms with Gasteiger partial charge >= 0.3 is 0 Å². The van der Waals surface area contributed by atoms with E-state index >= 15 is 0 Å². The number of carbonyl (C=O) groups is 1. The van der Waals surface area contributed by atoms with Crippen molar-refractivity contribution in [2.45, 2.75) is 90.6 Å². The van der Waals surface area contributed by atoms with Crippen LogP contribution >= 0.6 is 7.80 Å². The number of hydrogen-bond donors (Lipinski definition) is 0. The minimum atomic E-state index is -1.49. The number of benzene rings is 1. The standard InChI is InChI=1S/C22H34O2P/c1-5-6-7-11-14-25(24)22(12-9-8-10-13-22)21(23)20-18(3)15-17(2)16-19(20)4/h15-16H,5-14H2,1-4H3. The Morgan fingerprint density at radius 1 is 1.00 bits per heavy atom. The van der Waals surface area contributed by atoms with Crippen LogP contribution in [0, 0.1) is 20.8 Å². The number of aryl methyl sites for hydroxylation is 3. The van der Waals surface area contributed by atoms with Gasteiger partial charge in [0, 0.05) is 11.7 Å². The maximum Gasteiger partial charge on any atom is 0.180 e. The molecule has 0 spiro atoms. The highest BCUT2D eigenvalue weighted by Gasteiger charge is 2.46. The maximum atomic E-state index is 13.6. The fourth-order valence-electron chi connectivity index (χ4n) is 4.39. The zero-order chi connectivity index (χ0) is 18.4. The number of rotatable bonds is 8. The third kappa shape index (κ3) is 4.59. The first-order chi connectivity index (χ1) is 11.9. The van der Waals surface area contributed by atoms with Gasteiger partial charge in [0.05, 0.1) is 7.80 Å². The van der Waals surface area contributed by atoms with E-state index in [0.717, 1.165) is 55.2 Å². The molecule has 0 heterocycles. The SMILES string of the molecule is CCCCCC[P](=O)C1(C(=O)c2c(C)cc(C)cc2C)CCCCC1. The molecule has 139 valence electrons. The molecule has 0 saturated heterocycles. The molecule has 1 radical (unpaired) electrons. The van der Waals surface area contributed by atoms with Crippen molar-refractivity contribution in [1.82, 2.24) is 0 Å². The normalized spacial score (nSPS) is 17.4. The Morgan fingerprint density at radius 3 is 2.16 bits per heavy atom. The zero-order valence-electron chi connectivity index (χ0n) is 16.5. The summed E-state index contributed by atoms with van der Waals surface area (Å²) in [6.45, 7) is 8.31. The van der Waals surface area contributed by atoms with Gasteiger partial charge in [-0.2, -0.15) is 0 Å². The first-order valence-electron chi connectivity index (χ1n) is 10.00. The minimum Gasteiger partial charge on any atom is -0.293 e. The molecule has 0 N–H and O–H groups in total. The van der Waals surface area contributed by atoms with Crippen molar-refractivity contribution in [3.8, 4) is 0 Å². The number of unbranched alkanes of at least 4 members (excludes halogenated alkanes) is 3. The van der Waals surface area contributed by atoms with E-state index in [4.69, 9.17) is 0 Å². The van der Waals surface area contributed by atoms with Crippen LogP contribution in [0.5, 0.6) is 0 Å². The summed E-state index contributed by atoms with van der Waals surface area (Å²) in [5, 5.41) is -0.607. The van der Waals surface area contributed by atoms with Gasteiger partial charge in [0.1, 0.15) is 5.16 Å². The van der Waals surface area contributed by atoms with E-state index in [0.29, 0.717) is 6.16 Å². The molecular weight excluding hydrogens is 327 g/mol. The Bertz CT molecular complexity index is 604. The van der Waals surface area contributed by atoms with Gasteiger partial charge < -0.3 is 0 Å². The van der Waals surface area contributed by atoms with Gasteiger partial charge in [-0.15, -0.1) is 0 Å². The van der Waals surface area contributed by atoms with E-state index in [2.05, 4.69) is 26.0 Å². The van der Waals surface area contributed by atoms with Crippen LogP contribution in [0.15, 0.2) is 12.1 Å². The van der Waals surface area contributed by atoms with E-state index in [-0.39, 0.29) is 5.78 Å². The van der Waals surface area contributed by atoms with Crippen LogP contribution in [0.4, 0.5) is 0 Å². The van der Waals surface area contributed by atoms with Crippen molar-refractivity contribution in [3.05, 3.63) is 34.4 Å². The van der Waals surface area contributed by atoms with E-state index in [1.54, 1.807) is 0 Å². The molecule has 0 bridgehead atoms. The predicted molar refractivity (Wildman–Crippen MR) is 107 cm³/mol. The molecule has 1 unspecified atom stereocenters. The number of hydrogen-bond acceptors (Lipinski definition) is 2. The van der Waals surface area contributed by atoms with Gasteiger partial charge in [0.25, 0.3) is 0 Å². The van der Waals surface area contributed by atoms with Gasteiger partial charge in [-0.25, -0.2) is 0 Å². The topological polar surface area (TPSA) is 34.1 Å². The van der Waals surface area contributed by atoms with Gasteiger partial charge in [0.15, 0.2) is 5.78 Å². The summed E-state index contributed by atoms with van der Waals surface area (Å²) >= 11 is 0. The lowest BCUT2D eigenvalue weighted by molar-refractivity contribution is 0.0911. The summed E-state index contributed by atoms with van der Waals surface area (Å²) in [5.41, 5.74) is 4.11. The van der Waals surface area contributed by atoms with Crippen LogP contribution in [-0.2, 0) is 4.57 Å². The van der Waals surface area contributed by atoms with Gasteiger partial charge in [-0.05, 0) is 51.2 Å². The quantitative estimate of drug-likeness (QED) is 0.286. The van der Waals surface area contributed by atoms with Gasteiger partial charge in [-0.1, -0.05) is 63.1 Å². The summed E-state index contributed by atoms with van der Waals surface area (Å²) < 4.78 is 13.3. The van der Waals surface area contributed by atoms with Crippen molar-refractivity contribution in [2.75, 3.05) is 6.16 Å². The molecule has 1 atom stereocenters. The summed E-state index contributed by atoms with van der Waals surface area (Å²) in [7, 11) is -1.49. The first kappa shape index (κ1) is 20.3. The largest absolute Gasteiger partial charge is 0.293 e. The molecule has 2 rings (SSSR count). The van der Waals surface area contributed by atoms with Crippen molar-refractivity contribution >= 4 is 13.6 Å². The predicted octanol–water partition coefficient (Wildman–Crippen LogP) is 6.91. The van der Waals surface area contributed by atoms with Crippen LogP contribution in [0.1, 0.15) is 91.8 Å². The third-order valence-electron chi connectivity index (χ3n) is 5.70. The third-order valence-corrected chi connectivity index (χ3v) is 8.03. The second-order valence-electron chi connectivity index (χ2n) is 7.86. The Labute approximate surface area is 154 Å². The summed E-state index contributed by atoms with van der Waals surface area (Å²) in [6.07, 6.45) is 10.1. The minimum absolute atomic E-state index is 0.166. The molecule has 3 heteroatoms. The molecule has 2 nitrogen and oxygen atoms in total. The Kier molecular flexibility index (Phi) is 7.37. The van der Waals surface area contributed by atoms with Crippen molar-refractivity contribution in [2.24, 2.45) is 0 Å². The summed E-state index contributed by atoms with van der Waals surface area (Å²) in [6, 6.07) is 4.18. The highest BCUT2D eigenvalue weighted by molar-refractivity contribution is 7.48. The summed E-state index contributed by atoms with van der Waals surface area (Å²) in [4.78, 5) is 13.6. The zero-order valence-corrected chi connectivity index (χ0v) is 17.4. The molecule has 1 fully saturated rings. The van der Waals surface area contributed by atoms with Crippen LogP contribution in [-0.4, -0.2) is 17.1 Å². The second kappa shape index (κ2) is 9.08. The van der Waals surface area contributed by atoms with Crippen LogP contribution in [0.3, 0.4) is 0 Å². The van der Waals surface area contributed by atoms with Crippen LogP contribution in [0.25, 0.3) is 0 Å². The Balaban J connectivity index is 2.30. The smallest absolute Gasteiger partial charge is 0.180 e. The van der Waals surface area contributed by atoms with Crippen molar-refractivity contribution < 1.29 is 9.36 Å². The highest BCUT2D eigenvalue weighted by atomic mass is 31.1. The maximum absolute atomic E-state index is 13.6. The fourth-order valence-corrected chi connectivity index (χ4v) is 6.49. The molecule has 1 aliphatic rings. The molecule has 1 aromatic carbocycles. The highest BCUT2D eigenvalue weighted by Crippen LogP contribution is 2.52. The van der Waals surface area contributed by atoms with Gasteiger partial charge in [0.2, 0.25) is 0 Å². The number of ketones is 1. The Hall–Kier alpha value is -1.01. The lowest BCUT2D eigenvalue weighted by Crippen LogP contribution is -2.38. The van der Waals surface area contributed by atoms with Crippen LogP contribution in [0.2, 0.25) is 0 Å². The monoisotopic (exact) mass is 361 g/mol. The average molecular weight is 361 g/mol. The van der Waals surface area contributed by atoms with Crippen molar-refractivity contribution in [3.63, 3.8) is 0 Å². The number of carbonyl (C=O) groups excluding carboxylic acids is 1. The first-order valence-corrected chi connectivity index (χ1v) is 11.4. The molecule has 0 aromatic heterocycles. The average Bonchev–Trinajstić information content (AvgIpc) is 2.58. The number of Topliss-reactive ketones (excluding diaryl/α,β-unsaturated/α-hetero) is 1. The molecule has 0 amide bonds. The van der Waals surface area contributed by atoms with Crippen molar-refractivity contribution in [1.29, 1.82) is 0 Å². The fraction of sp³-hybridized carbons (Fsp3) is 0.682. The lowest BCUT2D eigenvalue weighted by Gasteiger charge is -2.35. The van der Waals surface area contributed by atoms with Gasteiger partial charge in [-0.3, -0.25) is 9.36 Å². The van der Waals surface area contributed by atoms with Crippen LogP contribution < -0.4 is 0 Å². The molecule has 1 aliphatic carbocycles. The lowest BCUT2D eigenvalue weighted by atomic mass is 9.80. The van der Waals surface area contributed by atoms with E-state index < -0.39 is 13.0 Å². The van der Waals surface area contributed by atoms with E-state index in [1.165, 1.54) is 24.8 Å².